The number of sulfonamides is 1. The first-order valence-corrected chi connectivity index (χ1v) is 9.01. The zero-order valence-electron chi connectivity index (χ0n) is 10.8. The van der Waals surface area contributed by atoms with Gasteiger partial charge < -0.3 is 0 Å². The van der Waals surface area contributed by atoms with Crippen LogP contribution in [-0.2, 0) is 10.0 Å². The number of rotatable bonds is 6. The van der Waals surface area contributed by atoms with Crippen LogP contribution >= 0.6 is 31.9 Å². The van der Waals surface area contributed by atoms with E-state index in [1.807, 2.05) is 13.8 Å². The predicted octanol–water partition coefficient (Wildman–Crippen LogP) is 4.16. The predicted molar refractivity (Wildman–Crippen MR) is 81.1 cm³/mol. The summed E-state index contributed by atoms with van der Waals surface area (Å²) in [5, 5.41) is 0. The Hall–Kier alpha value is 0.0200. The van der Waals surface area contributed by atoms with Crippen LogP contribution in [0.4, 0.5) is 4.39 Å². The normalized spacial score (nSPS) is 12.1. The van der Waals surface area contributed by atoms with Gasteiger partial charge in [0.2, 0.25) is 10.0 Å². The van der Waals surface area contributed by atoms with E-state index >= 15 is 0 Å². The standard InChI is InChI=1S/C12H16Br2FNO2S/c1-3-5-16(6-4-2)19(17,18)12-10(13)7-9(15)8-11(12)14/h7-8H,3-6H2,1-2H3. The summed E-state index contributed by atoms with van der Waals surface area (Å²) < 4.78 is 40.3. The van der Waals surface area contributed by atoms with Crippen molar-refractivity contribution >= 4 is 41.9 Å². The molecule has 0 radical (unpaired) electrons. The molecule has 1 aromatic rings. The van der Waals surface area contributed by atoms with Gasteiger partial charge in [-0.05, 0) is 56.8 Å². The third-order valence-electron chi connectivity index (χ3n) is 2.51. The van der Waals surface area contributed by atoms with Crippen LogP contribution in [0.15, 0.2) is 26.0 Å². The van der Waals surface area contributed by atoms with Crippen LogP contribution in [0.3, 0.4) is 0 Å². The van der Waals surface area contributed by atoms with Gasteiger partial charge >= 0.3 is 0 Å². The van der Waals surface area contributed by atoms with Gasteiger partial charge in [-0.25, -0.2) is 12.8 Å². The lowest BCUT2D eigenvalue weighted by Gasteiger charge is -2.22. The minimum atomic E-state index is -3.63. The quantitative estimate of drug-likeness (QED) is 0.698. The maximum absolute atomic E-state index is 13.2. The molecule has 108 valence electrons. The van der Waals surface area contributed by atoms with Crippen molar-refractivity contribution in [3.8, 4) is 0 Å². The number of benzene rings is 1. The van der Waals surface area contributed by atoms with E-state index in [0.29, 0.717) is 13.1 Å². The van der Waals surface area contributed by atoms with Crippen LogP contribution in [-0.4, -0.2) is 25.8 Å². The molecule has 0 bridgehead atoms. The summed E-state index contributed by atoms with van der Waals surface area (Å²) in [4.78, 5) is 0.0794. The van der Waals surface area contributed by atoms with Crippen molar-refractivity contribution in [2.45, 2.75) is 31.6 Å². The average molecular weight is 417 g/mol. The SMILES string of the molecule is CCCN(CCC)S(=O)(=O)c1c(Br)cc(F)cc1Br. The van der Waals surface area contributed by atoms with Gasteiger partial charge in [0.1, 0.15) is 10.7 Å². The Balaban J connectivity index is 3.33. The number of halogens is 3. The largest absolute Gasteiger partial charge is 0.245 e. The van der Waals surface area contributed by atoms with Crippen LogP contribution in [0.2, 0.25) is 0 Å². The summed E-state index contributed by atoms with van der Waals surface area (Å²) in [6.45, 7) is 4.75. The molecule has 0 spiro atoms. The van der Waals surface area contributed by atoms with Crippen molar-refractivity contribution in [3.63, 3.8) is 0 Å². The Labute approximate surface area is 130 Å². The second-order valence-corrected chi connectivity index (χ2v) is 7.69. The van der Waals surface area contributed by atoms with E-state index < -0.39 is 15.8 Å². The van der Waals surface area contributed by atoms with Crippen molar-refractivity contribution in [1.82, 2.24) is 4.31 Å². The Morgan fingerprint density at radius 1 is 1.11 bits per heavy atom. The Bertz CT molecular complexity index is 520. The van der Waals surface area contributed by atoms with Crippen molar-refractivity contribution in [2.24, 2.45) is 0 Å². The van der Waals surface area contributed by atoms with Crippen molar-refractivity contribution < 1.29 is 12.8 Å². The minimum Gasteiger partial charge on any atom is -0.207 e. The van der Waals surface area contributed by atoms with Crippen molar-refractivity contribution in [1.29, 1.82) is 0 Å². The molecule has 0 aromatic heterocycles. The molecule has 0 atom stereocenters. The lowest BCUT2D eigenvalue weighted by atomic mass is 10.3. The van der Waals surface area contributed by atoms with Gasteiger partial charge in [-0.3, -0.25) is 0 Å². The summed E-state index contributed by atoms with van der Waals surface area (Å²) in [6.07, 6.45) is 1.46. The highest BCUT2D eigenvalue weighted by molar-refractivity contribution is 9.11. The molecule has 3 nitrogen and oxygen atoms in total. The van der Waals surface area contributed by atoms with Crippen LogP contribution in [0.25, 0.3) is 0 Å². The Morgan fingerprint density at radius 3 is 1.89 bits per heavy atom. The highest BCUT2D eigenvalue weighted by Gasteiger charge is 2.28. The molecule has 0 aliphatic heterocycles. The molecular formula is C12H16Br2FNO2S. The molecule has 0 N–H and O–H groups in total. The fraction of sp³-hybridized carbons (Fsp3) is 0.500. The highest BCUT2D eigenvalue weighted by atomic mass is 79.9. The summed E-state index contributed by atoms with van der Waals surface area (Å²) in [5.74, 6) is -0.491. The second-order valence-electron chi connectivity index (χ2n) is 4.10. The summed E-state index contributed by atoms with van der Waals surface area (Å²) in [7, 11) is -3.63. The Morgan fingerprint density at radius 2 is 1.53 bits per heavy atom. The average Bonchev–Trinajstić information content (AvgIpc) is 2.26. The van der Waals surface area contributed by atoms with Gasteiger partial charge in [0.15, 0.2) is 0 Å². The summed E-state index contributed by atoms with van der Waals surface area (Å²) in [5.41, 5.74) is 0. The van der Waals surface area contributed by atoms with Crippen LogP contribution in [0.1, 0.15) is 26.7 Å². The van der Waals surface area contributed by atoms with Gasteiger partial charge in [0, 0.05) is 22.0 Å². The molecular weight excluding hydrogens is 401 g/mol. The van der Waals surface area contributed by atoms with Crippen LogP contribution in [0.5, 0.6) is 0 Å². The van der Waals surface area contributed by atoms with E-state index in [1.165, 1.54) is 4.31 Å². The van der Waals surface area contributed by atoms with Gasteiger partial charge in [0.25, 0.3) is 0 Å². The zero-order valence-corrected chi connectivity index (χ0v) is 14.8. The topological polar surface area (TPSA) is 37.4 Å². The molecule has 19 heavy (non-hydrogen) atoms. The lowest BCUT2D eigenvalue weighted by molar-refractivity contribution is 0.409. The molecule has 0 saturated heterocycles. The van der Waals surface area contributed by atoms with Gasteiger partial charge in [-0.2, -0.15) is 4.31 Å². The molecule has 7 heteroatoms. The van der Waals surface area contributed by atoms with E-state index in [9.17, 15) is 12.8 Å². The first kappa shape index (κ1) is 17.1. The molecule has 0 aliphatic carbocycles. The maximum Gasteiger partial charge on any atom is 0.245 e. The molecule has 0 unspecified atom stereocenters. The first-order valence-electron chi connectivity index (χ1n) is 5.99. The fourth-order valence-corrected chi connectivity index (χ4v) is 5.83. The summed E-state index contributed by atoms with van der Waals surface area (Å²) in [6, 6.07) is 2.32. The monoisotopic (exact) mass is 415 g/mol. The van der Waals surface area contributed by atoms with Gasteiger partial charge in [-0.1, -0.05) is 13.8 Å². The Kier molecular flexibility index (Phi) is 6.42. The second kappa shape index (κ2) is 7.15. The lowest BCUT2D eigenvalue weighted by Crippen LogP contribution is -2.33. The first-order chi connectivity index (χ1) is 8.84. The number of hydrogen-bond donors (Lipinski definition) is 0. The third kappa shape index (κ3) is 4.00. The molecule has 1 rings (SSSR count). The molecule has 0 amide bonds. The zero-order chi connectivity index (χ0) is 14.6. The number of hydrogen-bond acceptors (Lipinski definition) is 2. The van der Waals surface area contributed by atoms with Gasteiger partial charge in [-0.15, -0.1) is 0 Å². The molecule has 0 heterocycles. The van der Waals surface area contributed by atoms with E-state index in [-0.39, 0.29) is 13.8 Å². The highest BCUT2D eigenvalue weighted by Crippen LogP contribution is 2.33. The molecule has 0 saturated carbocycles. The maximum atomic E-state index is 13.2. The third-order valence-corrected chi connectivity index (χ3v) is 6.28. The van der Waals surface area contributed by atoms with Gasteiger partial charge in [0.05, 0.1) is 0 Å². The van der Waals surface area contributed by atoms with E-state index in [1.54, 1.807) is 0 Å². The fourth-order valence-electron chi connectivity index (χ4n) is 1.76. The summed E-state index contributed by atoms with van der Waals surface area (Å²) >= 11 is 6.26. The van der Waals surface area contributed by atoms with Crippen molar-refractivity contribution in [3.05, 3.63) is 26.9 Å². The van der Waals surface area contributed by atoms with Crippen LogP contribution < -0.4 is 0 Å². The van der Waals surface area contributed by atoms with Crippen LogP contribution in [0, 0.1) is 5.82 Å². The van der Waals surface area contributed by atoms with E-state index in [0.717, 1.165) is 25.0 Å². The smallest absolute Gasteiger partial charge is 0.207 e. The van der Waals surface area contributed by atoms with Crippen molar-refractivity contribution in [2.75, 3.05) is 13.1 Å². The number of nitrogens with zero attached hydrogens (tertiary/aromatic N) is 1. The van der Waals surface area contributed by atoms with E-state index in [4.69, 9.17) is 0 Å². The van der Waals surface area contributed by atoms with E-state index in [2.05, 4.69) is 31.9 Å². The molecule has 0 aliphatic rings. The molecule has 1 aromatic carbocycles. The molecule has 0 fully saturated rings. The minimum absolute atomic E-state index is 0.0794.